The van der Waals surface area contributed by atoms with Gasteiger partial charge in [0.1, 0.15) is 12.2 Å². The third-order valence-electron chi connectivity index (χ3n) is 5.56. The molecule has 32 heavy (non-hydrogen) atoms. The van der Waals surface area contributed by atoms with Crippen LogP contribution in [0.25, 0.3) is 0 Å². The van der Waals surface area contributed by atoms with Crippen molar-refractivity contribution in [3.8, 4) is 0 Å². The van der Waals surface area contributed by atoms with E-state index >= 15 is 0 Å². The summed E-state index contributed by atoms with van der Waals surface area (Å²) in [7, 11) is 0. The van der Waals surface area contributed by atoms with Crippen molar-refractivity contribution in [3.05, 3.63) is 0 Å². The molecule has 0 aliphatic heterocycles. The van der Waals surface area contributed by atoms with E-state index in [4.69, 9.17) is 14.6 Å². The SMILES string of the molecule is CCCCCCCCCCCC/N=C\OC(C)CC(CC)O/C=N\CCCCCC(=O)O. The van der Waals surface area contributed by atoms with Gasteiger partial charge in [-0.25, -0.2) is 0 Å². The Bertz CT molecular complexity index is 469. The summed E-state index contributed by atoms with van der Waals surface area (Å²) < 4.78 is 11.4. The van der Waals surface area contributed by atoms with Crippen LogP contribution in [0.2, 0.25) is 0 Å². The molecule has 0 aromatic heterocycles. The molecule has 0 aliphatic rings. The number of carbonyl (C=O) groups is 1. The average molecular weight is 455 g/mol. The lowest BCUT2D eigenvalue weighted by molar-refractivity contribution is -0.137. The predicted octanol–water partition coefficient (Wildman–Crippen LogP) is 7.20. The Morgan fingerprint density at radius 2 is 1.28 bits per heavy atom. The van der Waals surface area contributed by atoms with Gasteiger partial charge in [0, 0.05) is 25.9 Å². The number of unbranched alkanes of at least 4 members (excludes halogenated alkanes) is 11. The fourth-order valence-corrected chi connectivity index (χ4v) is 3.47. The molecule has 6 heteroatoms. The van der Waals surface area contributed by atoms with Crippen LogP contribution in [0.5, 0.6) is 0 Å². The molecule has 2 unspecified atom stereocenters. The van der Waals surface area contributed by atoms with Crippen LogP contribution in [0.15, 0.2) is 9.98 Å². The number of carboxylic acids is 1. The normalized spacial score (nSPS) is 13.6. The largest absolute Gasteiger partial charge is 0.481 e. The van der Waals surface area contributed by atoms with E-state index in [-0.39, 0.29) is 18.6 Å². The number of carboxylic acid groups (broad SMARTS) is 1. The van der Waals surface area contributed by atoms with E-state index in [0.717, 1.165) is 38.6 Å². The summed E-state index contributed by atoms with van der Waals surface area (Å²) in [6, 6.07) is 0. The van der Waals surface area contributed by atoms with Gasteiger partial charge in [0.2, 0.25) is 0 Å². The van der Waals surface area contributed by atoms with Crippen molar-refractivity contribution in [2.75, 3.05) is 13.1 Å². The summed E-state index contributed by atoms with van der Waals surface area (Å²) in [5, 5.41) is 8.60. The minimum Gasteiger partial charge on any atom is -0.481 e. The molecule has 0 fully saturated rings. The summed E-state index contributed by atoms with van der Waals surface area (Å²) in [6.45, 7) is 7.92. The zero-order chi connectivity index (χ0) is 23.7. The Kier molecular flexibility index (Phi) is 22.9. The van der Waals surface area contributed by atoms with Crippen molar-refractivity contribution in [2.45, 2.75) is 136 Å². The van der Waals surface area contributed by atoms with Gasteiger partial charge in [-0.2, -0.15) is 0 Å². The van der Waals surface area contributed by atoms with Crippen molar-refractivity contribution in [3.63, 3.8) is 0 Å². The number of hydrogen-bond donors (Lipinski definition) is 1. The topological polar surface area (TPSA) is 80.5 Å². The first-order chi connectivity index (χ1) is 15.6. The maximum Gasteiger partial charge on any atom is 0.303 e. The quantitative estimate of drug-likeness (QED) is 0.0950. The maximum absolute atomic E-state index is 10.5. The monoisotopic (exact) mass is 454 g/mol. The molecule has 0 saturated carbocycles. The highest BCUT2D eigenvalue weighted by Crippen LogP contribution is 2.11. The molecular formula is C26H50N2O4. The molecule has 0 heterocycles. The molecule has 0 aliphatic carbocycles. The lowest BCUT2D eigenvalue weighted by atomic mass is 10.1. The third-order valence-corrected chi connectivity index (χ3v) is 5.56. The van der Waals surface area contributed by atoms with Gasteiger partial charge in [-0.15, -0.1) is 0 Å². The lowest BCUT2D eigenvalue weighted by Crippen LogP contribution is -2.20. The Hall–Kier alpha value is -1.59. The second kappa shape index (κ2) is 24.1. The van der Waals surface area contributed by atoms with E-state index in [1.807, 2.05) is 6.92 Å². The van der Waals surface area contributed by atoms with Crippen molar-refractivity contribution in [1.82, 2.24) is 0 Å². The molecule has 0 spiro atoms. The van der Waals surface area contributed by atoms with Gasteiger partial charge in [0.25, 0.3) is 0 Å². The van der Waals surface area contributed by atoms with Crippen LogP contribution in [-0.2, 0) is 14.3 Å². The minimum atomic E-state index is -0.734. The number of nitrogens with zero attached hydrogens (tertiary/aromatic N) is 2. The number of aliphatic imine (C=N–C) groups is 2. The highest BCUT2D eigenvalue weighted by Gasteiger charge is 2.12. The standard InChI is InChI=1S/C26H50N2O4/c1-4-6-7-8-9-10-11-12-13-16-19-27-22-31-24(3)21-25(5-2)32-23-28-20-17-14-15-18-26(29)30/h22-25H,4-21H2,1-3H3,(H,29,30)/b27-22-,28-23-. The Labute approximate surface area is 197 Å². The van der Waals surface area contributed by atoms with E-state index in [1.165, 1.54) is 64.2 Å². The van der Waals surface area contributed by atoms with E-state index in [1.54, 1.807) is 6.40 Å². The van der Waals surface area contributed by atoms with Crippen LogP contribution in [0.1, 0.15) is 124 Å². The molecule has 0 radical (unpaired) electrons. The second-order valence-electron chi connectivity index (χ2n) is 8.76. The summed E-state index contributed by atoms with van der Waals surface area (Å²) in [5.41, 5.74) is 0. The second-order valence-corrected chi connectivity index (χ2v) is 8.76. The molecule has 2 atom stereocenters. The Morgan fingerprint density at radius 1 is 0.781 bits per heavy atom. The van der Waals surface area contributed by atoms with Gasteiger partial charge >= 0.3 is 5.97 Å². The number of hydrogen-bond acceptors (Lipinski definition) is 5. The van der Waals surface area contributed by atoms with Crippen LogP contribution >= 0.6 is 0 Å². The first kappa shape index (κ1) is 30.4. The highest BCUT2D eigenvalue weighted by molar-refractivity contribution is 5.66. The third kappa shape index (κ3) is 23.1. The number of aliphatic carboxylic acids is 1. The zero-order valence-corrected chi connectivity index (χ0v) is 21.1. The van der Waals surface area contributed by atoms with E-state index < -0.39 is 5.97 Å². The van der Waals surface area contributed by atoms with Gasteiger partial charge in [-0.05, 0) is 32.6 Å². The molecule has 0 aromatic carbocycles. The van der Waals surface area contributed by atoms with Crippen LogP contribution < -0.4 is 0 Å². The Balaban J connectivity index is 3.62. The first-order valence-electron chi connectivity index (χ1n) is 13.1. The van der Waals surface area contributed by atoms with Crippen LogP contribution in [0, 0.1) is 0 Å². The maximum atomic E-state index is 10.5. The number of rotatable bonds is 24. The smallest absolute Gasteiger partial charge is 0.303 e. The summed E-state index contributed by atoms with van der Waals surface area (Å²) in [4.78, 5) is 19.1. The van der Waals surface area contributed by atoms with Gasteiger partial charge in [-0.3, -0.25) is 14.8 Å². The van der Waals surface area contributed by atoms with Gasteiger partial charge in [-0.1, -0.05) is 78.1 Å². The number of ether oxygens (including phenoxy) is 2. The first-order valence-corrected chi connectivity index (χ1v) is 13.1. The summed E-state index contributed by atoms with van der Waals surface area (Å²) >= 11 is 0. The van der Waals surface area contributed by atoms with Gasteiger partial charge in [0.05, 0.1) is 0 Å². The van der Waals surface area contributed by atoms with E-state index in [9.17, 15) is 4.79 Å². The fraction of sp³-hybridized carbons (Fsp3) is 0.885. The lowest BCUT2D eigenvalue weighted by Gasteiger charge is -2.18. The highest BCUT2D eigenvalue weighted by atomic mass is 16.5. The van der Waals surface area contributed by atoms with Crippen molar-refractivity contribution < 1.29 is 19.4 Å². The van der Waals surface area contributed by atoms with Crippen LogP contribution in [0.4, 0.5) is 0 Å². The Morgan fingerprint density at radius 3 is 1.81 bits per heavy atom. The summed E-state index contributed by atoms with van der Waals surface area (Å²) in [5.74, 6) is -0.734. The fourth-order valence-electron chi connectivity index (χ4n) is 3.47. The molecule has 0 amide bonds. The van der Waals surface area contributed by atoms with Crippen molar-refractivity contribution in [2.24, 2.45) is 9.98 Å². The molecular weight excluding hydrogens is 404 g/mol. The van der Waals surface area contributed by atoms with Crippen LogP contribution in [-0.4, -0.2) is 49.2 Å². The molecule has 0 saturated heterocycles. The van der Waals surface area contributed by atoms with E-state index in [0.29, 0.717) is 13.0 Å². The van der Waals surface area contributed by atoms with E-state index in [2.05, 4.69) is 23.8 Å². The molecule has 188 valence electrons. The van der Waals surface area contributed by atoms with Gasteiger partial charge < -0.3 is 14.6 Å². The summed E-state index contributed by atoms with van der Waals surface area (Å²) in [6.07, 6.45) is 21.0. The van der Waals surface area contributed by atoms with Crippen molar-refractivity contribution >= 4 is 18.8 Å². The predicted molar refractivity (Wildman–Crippen MR) is 135 cm³/mol. The molecule has 1 N–H and O–H groups in total. The molecule has 0 bridgehead atoms. The van der Waals surface area contributed by atoms with Crippen LogP contribution in [0.3, 0.4) is 0 Å². The molecule has 0 rings (SSSR count). The minimum absolute atomic E-state index is 0.0563. The zero-order valence-electron chi connectivity index (χ0n) is 21.1. The van der Waals surface area contributed by atoms with Gasteiger partial charge in [0.15, 0.2) is 12.8 Å². The average Bonchev–Trinajstić information content (AvgIpc) is 2.77. The molecule has 0 aromatic rings. The molecule has 6 nitrogen and oxygen atoms in total. The van der Waals surface area contributed by atoms with Crippen molar-refractivity contribution in [1.29, 1.82) is 0 Å².